The van der Waals surface area contributed by atoms with E-state index < -0.39 is 6.10 Å². The van der Waals surface area contributed by atoms with Crippen molar-refractivity contribution < 1.29 is 9.50 Å². The zero-order valence-corrected chi connectivity index (χ0v) is 13.2. The molecule has 110 valence electrons. The zero-order valence-electron chi connectivity index (χ0n) is 11.6. The topological polar surface area (TPSA) is 23.5 Å². The second-order valence-electron chi connectivity index (χ2n) is 6.05. The van der Waals surface area contributed by atoms with E-state index in [0.717, 1.165) is 38.8 Å². The third kappa shape index (κ3) is 2.32. The van der Waals surface area contributed by atoms with E-state index in [4.69, 9.17) is 0 Å². The molecule has 1 saturated heterocycles. The highest BCUT2D eigenvalue weighted by molar-refractivity contribution is 9.10. The summed E-state index contributed by atoms with van der Waals surface area (Å²) in [7, 11) is 0. The molecule has 0 bridgehead atoms. The molecule has 0 amide bonds. The number of benzene rings is 1. The van der Waals surface area contributed by atoms with Gasteiger partial charge in [0.15, 0.2) is 0 Å². The number of halogens is 2. The molecule has 2 nitrogen and oxygen atoms in total. The minimum atomic E-state index is -0.736. The molecule has 1 aromatic rings. The van der Waals surface area contributed by atoms with Crippen LogP contribution in [-0.2, 0) is 0 Å². The van der Waals surface area contributed by atoms with E-state index in [2.05, 4.69) is 20.8 Å². The molecule has 20 heavy (non-hydrogen) atoms. The van der Waals surface area contributed by atoms with Crippen LogP contribution in [0.3, 0.4) is 0 Å². The summed E-state index contributed by atoms with van der Waals surface area (Å²) in [5.74, 6) is -0.314. The summed E-state index contributed by atoms with van der Waals surface area (Å²) in [5.41, 5.74) is 0.186. The summed E-state index contributed by atoms with van der Waals surface area (Å²) >= 11 is 3.22. The number of hydrogen-bond donors (Lipinski definition) is 1. The molecule has 1 heterocycles. The number of nitrogens with zero attached hydrogens (tertiary/aromatic N) is 1. The van der Waals surface area contributed by atoms with Crippen LogP contribution in [0.1, 0.15) is 50.2 Å². The van der Waals surface area contributed by atoms with Gasteiger partial charge in [0.05, 0.1) is 10.0 Å². The molecule has 1 saturated carbocycles. The van der Waals surface area contributed by atoms with Crippen molar-refractivity contribution in [2.75, 3.05) is 13.1 Å². The number of aliphatic hydroxyl groups is 1. The van der Waals surface area contributed by atoms with Gasteiger partial charge in [-0.1, -0.05) is 25.0 Å². The fraction of sp³-hybridized carbons (Fsp3) is 0.625. The van der Waals surface area contributed by atoms with Crippen LogP contribution in [0.4, 0.5) is 4.39 Å². The van der Waals surface area contributed by atoms with Gasteiger partial charge >= 0.3 is 0 Å². The molecule has 1 aliphatic carbocycles. The first-order valence-corrected chi connectivity index (χ1v) is 8.31. The van der Waals surface area contributed by atoms with Crippen LogP contribution in [-0.4, -0.2) is 28.6 Å². The third-order valence-corrected chi connectivity index (χ3v) is 5.60. The van der Waals surface area contributed by atoms with Gasteiger partial charge in [-0.15, -0.1) is 0 Å². The quantitative estimate of drug-likeness (QED) is 0.897. The Hall–Kier alpha value is -0.450. The maximum Gasteiger partial charge on any atom is 0.143 e. The summed E-state index contributed by atoms with van der Waals surface area (Å²) in [6.45, 7) is 2.07. The predicted molar refractivity (Wildman–Crippen MR) is 81.1 cm³/mol. The predicted octanol–water partition coefficient (Wildman–Crippen LogP) is 4.03. The Morgan fingerprint density at radius 3 is 2.45 bits per heavy atom. The van der Waals surface area contributed by atoms with Crippen molar-refractivity contribution >= 4 is 15.9 Å². The molecule has 4 heteroatoms. The van der Waals surface area contributed by atoms with E-state index >= 15 is 0 Å². The molecule has 1 aliphatic heterocycles. The van der Waals surface area contributed by atoms with Crippen molar-refractivity contribution in [1.29, 1.82) is 0 Å². The Morgan fingerprint density at radius 1 is 1.15 bits per heavy atom. The summed E-state index contributed by atoms with van der Waals surface area (Å²) in [5, 5.41) is 10.9. The Morgan fingerprint density at radius 2 is 1.80 bits per heavy atom. The normalized spacial score (nSPS) is 24.1. The van der Waals surface area contributed by atoms with Crippen molar-refractivity contribution in [1.82, 2.24) is 4.90 Å². The van der Waals surface area contributed by atoms with Crippen molar-refractivity contribution in [3.05, 3.63) is 34.1 Å². The summed E-state index contributed by atoms with van der Waals surface area (Å²) < 4.78 is 14.8. The lowest BCUT2D eigenvalue weighted by Crippen LogP contribution is -2.50. The SMILES string of the molecule is OC(c1cccc(Br)c1F)C1(N2CCCC2)CCCC1. The monoisotopic (exact) mass is 341 g/mol. The molecule has 1 unspecified atom stereocenters. The molecule has 2 fully saturated rings. The van der Waals surface area contributed by atoms with Crippen LogP contribution >= 0.6 is 15.9 Å². The first kappa shape index (κ1) is 14.5. The zero-order chi connectivity index (χ0) is 14.2. The average molecular weight is 342 g/mol. The minimum Gasteiger partial charge on any atom is -0.386 e. The number of rotatable bonds is 3. The van der Waals surface area contributed by atoms with E-state index in [9.17, 15) is 9.50 Å². The molecular formula is C16H21BrFNO. The fourth-order valence-electron chi connectivity index (χ4n) is 3.93. The molecule has 1 N–H and O–H groups in total. The summed E-state index contributed by atoms with van der Waals surface area (Å²) in [6.07, 6.45) is 5.85. The Balaban J connectivity index is 1.96. The number of hydrogen-bond acceptors (Lipinski definition) is 2. The van der Waals surface area contributed by atoms with Crippen LogP contribution in [0.25, 0.3) is 0 Å². The number of likely N-dealkylation sites (tertiary alicyclic amines) is 1. The first-order valence-electron chi connectivity index (χ1n) is 7.52. The molecule has 1 atom stereocenters. The summed E-state index contributed by atoms with van der Waals surface area (Å²) in [4.78, 5) is 2.41. The van der Waals surface area contributed by atoms with Crippen LogP contribution in [0.15, 0.2) is 22.7 Å². The standard InChI is InChI=1S/C16H21BrFNO/c17-13-7-5-6-12(14(13)18)15(20)16(8-1-2-9-16)19-10-3-4-11-19/h5-7,15,20H,1-4,8-11H2. The fourth-order valence-corrected chi connectivity index (χ4v) is 4.31. The van der Waals surface area contributed by atoms with Gasteiger partial charge in [0.2, 0.25) is 0 Å². The average Bonchev–Trinajstić information content (AvgIpc) is 3.12. The van der Waals surface area contributed by atoms with Gasteiger partial charge in [-0.25, -0.2) is 4.39 Å². The Kier molecular flexibility index (Phi) is 4.16. The van der Waals surface area contributed by atoms with Crippen LogP contribution in [0, 0.1) is 5.82 Å². The van der Waals surface area contributed by atoms with Gasteiger partial charge in [-0.05, 0) is 60.8 Å². The highest BCUT2D eigenvalue weighted by atomic mass is 79.9. The van der Waals surface area contributed by atoms with Gasteiger partial charge in [-0.3, -0.25) is 4.90 Å². The van der Waals surface area contributed by atoms with E-state index in [1.54, 1.807) is 18.2 Å². The lowest BCUT2D eigenvalue weighted by Gasteiger charge is -2.43. The van der Waals surface area contributed by atoms with E-state index in [1.807, 2.05) is 0 Å². The van der Waals surface area contributed by atoms with Gasteiger partial charge in [0, 0.05) is 5.56 Å². The molecule has 2 aliphatic rings. The van der Waals surface area contributed by atoms with Crippen molar-refractivity contribution in [3.63, 3.8) is 0 Å². The highest BCUT2D eigenvalue weighted by Gasteiger charge is 2.47. The maximum atomic E-state index is 14.3. The Bertz CT molecular complexity index is 481. The number of aliphatic hydroxyl groups excluding tert-OH is 1. The van der Waals surface area contributed by atoms with Gasteiger partial charge in [-0.2, -0.15) is 0 Å². The largest absolute Gasteiger partial charge is 0.386 e. The summed E-state index contributed by atoms with van der Waals surface area (Å²) in [6, 6.07) is 5.21. The van der Waals surface area contributed by atoms with Gasteiger partial charge in [0.25, 0.3) is 0 Å². The van der Waals surface area contributed by atoms with Crippen LogP contribution in [0.2, 0.25) is 0 Å². The molecule has 3 rings (SSSR count). The third-order valence-electron chi connectivity index (χ3n) is 4.99. The van der Waals surface area contributed by atoms with Crippen LogP contribution < -0.4 is 0 Å². The molecule has 0 radical (unpaired) electrons. The van der Waals surface area contributed by atoms with E-state index in [1.165, 1.54) is 12.8 Å². The van der Waals surface area contributed by atoms with Crippen molar-refractivity contribution in [2.24, 2.45) is 0 Å². The molecular weight excluding hydrogens is 321 g/mol. The van der Waals surface area contributed by atoms with E-state index in [-0.39, 0.29) is 11.4 Å². The smallest absolute Gasteiger partial charge is 0.143 e. The second kappa shape index (κ2) is 5.74. The first-order chi connectivity index (χ1) is 9.65. The van der Waals surface area contributed by atoms with Crippen LogP contribution in [0.5, 0.6) is 0 Å². The minimum absolute atomic E-state index is 0.252. The van der Waals surface area contributed by atoms with Gasteiger partial charge < -0.3 is 5.11 Å². The molecule has 1 aromatic carbocycles. The van der Waals surface area contributed by atoms with Crippen molar-refractivity contribution in [3.8, 4) is 0 Å². The molecule has 0 aromatic heterocycles. The van der Waals surface area contributed by atoms with E-state index in [0.29, 0.717) is 10.0 Å². The molecule has 0 spiro atoms. The lowest BCUT2D eigenvalue weighted by atomic mass is 9.84. The Labute approximate surface area is 128 Å². The lowest BCUT2D eigenvalue weighted by molar-refractivity contribution is -0.0214. The maximum absolute atomic E-state index is 14.3. The highest BCUT2D eigenvalue weighted by Crippen LogP contribution is 2.46. The second-order valence-corrected chi connectivity index (χ2v) is 6.90. The van der Waals surface area contributed by atoms with Crippen molar-refractivity contribution in [2.45, 2.75) is 50.2 Å². The van der Waals surface area contributed by atoms with Gasteiger partial charge in [0.1, 0.15) is 11.9 Å².